The van der Waals surface area contributed by atoms with Crippen molar-refractivity contribution in [1.82, 2.24) is 34.3 Å². The number of carbonyl (C=O) groups is 2. The van der Waals surface area contributed by atoms with E-state index < -0.39 is 5.91 Å². The van der Waals surface area contributed by atoms with Gasteiger partial charge in [0.1, 0.15) is 17.8 Å². The second kappa shape index (κ2) is 9.34. The maximum atomic E-state index is 13.2. The number of fused-ring (bicyclic) bond motifs is 1. The van der Waals surface area contributed by atoms with E-state index in [0.717, 1.165) is 19.4 Å². The molecular weight excluding hydrogens is 472 g/mol. The first-order valence-corrected chi connectivity index (χ1v) is 11.5. The maximum Gasteiger partial charge on any atom is 0.261 e. The van der Waals surface area contributed by atoms with E-state index in [1.807, 2.05) is 11.8 Å². The van der Waals surface area contributed by atoms with Gasteiger partial charge in [-0.25, -0.2) is 14.5 Å². The largest absolute Gasteiger partial charge is 0.481 e. The molecule has 1 fully saturated rings. The summed E-state index contributed by atoms with van der Waals surface area (Å²) in [6, 6.07) is 3.56. The van der Waals surface area contributed by atoms with Gasteiger partial charge in [-0.15, -0.1) is 0 Å². The van der Waals surface area contributed by atoms with Crippen molar-refractivity contribution >= 4 is 34.7 Å². The molecule has 5 rings (SSSR count). The quantitative estimate of drug-likeness (QED) is 0.437. The zero-order valence-electron chi connectivity index (χ0n) is 19.2. The number of amides is 2. The molecule has 4 aromatic heterocycles. The summed E-state index contributed by atoms with van der Waals surface area (Å²) < 4.78 is 8.42. The van der Waals surface area contributed by atoms with Crippen LogP contribution >= 0.6 is 11.6 Å². The van der Waals surface area contributed by atoms with Gasteiger partial charge in [0.2, 0.25) is 11.8 Å². The summed E-state index contributed by atoms with van der Waals surface area (Å²) in [5, 5.41) is 12.0. The summed E-state index contributed by atoms with van der Waals surface area (Å²) in [4.78, 5) is 36.4. The van der Waals surface area contributed by atoms with E-state index in [0.29, 0.717) is 33.2 Å². The molecule has 12 heteroatoms. The highest BCUT2D eigenvalue weighted by Crippen LogP contribution is 2.34. The molecule has 5 heterocycles. The number of methoxy groups -OCH3 is 1. The molecule has 0 radical (unpaired) electrons. The van der Waals surface area contributed by atoms with Crippen molar-refractivity contribution in [2.45, 2.75) is 32.4 Å². The molecule has 0 saturated carbocycles. The van der Waals surface area contributed by atoms with Crippen molar-refractivity contribution in [3.8, 4) is 17.1 Å². The first kappa shape index (κ1) is 22.8. The number of nitrogens with one attached hydrogen (secondary N) is 1. The molecule has 4 aromatic rings. The Bertz CT molecular complexity index is 1420. The predicted molar refractivity (Wildman–Crippen MR) is 128 cm³/mol. The molecule has 0 bridgehead atoms. The SMILES string of the molecule is COc1ncc(Cl)cc1-c1nn(CC(=O)N2CCCC2C)cc1NC(=O)c1cnn2cccnc12. The Kier molecular flexibility index (Phi) is 6.08. The number of likely N-dealkylation sites (tertiary alicyclic amines) is 1. The molecule has 35 heavy (non-hydrogen) atoms. The number of rotatable bonds is 6. The first-order valence-electron chi connectivity index (χ1n) is 11.1. The van der Waals surface area contributed by atoms with Crippen LogP contribution in [0.3, 0.4) is 0 Å². The Morgan fingerprint density at radius 2 is 2.14 bits per heavy atom. The van der Waals surface area contributed by atoms with Crippen molar-refractivity contribution < 1.29 is 14.3 Å². The number of nitrogens with zero attached hydrogens (tertiary/aromatic N) is 7. The lowest BCUT2D eigenvalue weighted by Crippen LogP contribution is -2.36. The molecule has 1 atom stereocenters. The number of anilines is 1. The maximum absolute atomic E-state index is 13.2. The molecule has 1 saturated heterocycles. The number of pyridine rings is 1. The first-order chi connectivity index (χ1) is 16.9. The fourth-order valence-corrected chi connectivity index (χ4v) is 4.42. The number of hydrogen-bond donors (Lipinski definition) is 1. The minimum absolute atomic E-state index is 0.0296. The van der Waals surface area contributed by atoms with Gasteiger partial charge < -0.3 is 15.0 Å². The van der Waals surface area contributed by atoms with E-state index in [1.165, 1.54) is 28.7 Å². The summed E-state index contributed by atoms with van der Waals surface area (Å²) in [5.41, 5.74) is 1.93. The monoisotopic (exact) mass is 494 g/mol. The molecule has 11 nitrogen and oxygen atoms in total. The van der Waals surface area contributed by atoms with Crippen LogP contribution < -0.4 is 10.1 Å². The minimum atomic E-state index is -0.423. The van der Waals surface area contributed by atoms with Gasteiger partial charge in [0.25, 0.3) is 5.91 Å². The van der Waals surface area contributed by atoms with Gasteiger partial charge in [-0.2, -0.15) is 10.2 Å². The van der Waals surface area contributed by atoms with Crippen LogP contribution in [0.1, 0.15) is 30.1 Å². The lowest BCUT2D eigenvalue weighted by Gasteiger charge is -2.21. The Labute approximate surface area is 205 Å². The van der Waals surface area contributed by atoms with Gasteiger partial charge in [0.15, 0.2) is 5.65 Å². The molecule has 1 aliphatic heterocycles. The van der Waals surface area contributed by atoms with Gasteiger partial charge in [-0.05, 0) is 31.9 Å². The topological polar surface area (TPSA) is 120 Å². The molecule has 0 aromatic carbocycles. The van der Waals surface area contributed by atoms with Gasteiger partial charge in [-0.1, -0.05) is 11.6 Å². The second-order valence-electron chi connectivity index (χ2n) is 8.28. The predicted octanol–water partition coefficient (Wildman–Crippen LogP) is 2.91. The van der Waals surface area contributed by atoms with Crippen LogP contribution in [0, 0.1) is 0 Å². The van der Waals surface area contributed by atoms with Gasteiger partial charge >= 0.3 is 0 Å². The highest BCUT2D eigenvalue weighted by atomic mass is 35.5. The van der Waals surface area contributed by atoms with Crippen molar-refractivity contribution in [3.05, 3.63) is 53.7 Å². The molecule has 1 N–H and O–H groups in total. The molecule has 2 amide bonds. The Hall–Kier alpha value is -3.99. The number of carbonyl (C=O) groups excluding carboxylic acids is 2. The van der Waals surface area contributed by atoms with Crippen LogP contribution in [0.25, 0.3) is 16.9 Å². The lowest BCUT2D eigenvalue weighted by molar-refractivity contribution is -0.132. The smallest absolute Gasteiger partial charge is 0.261 e. The molecule has 0 aliphatic carbocycles. The number of halogens is 1. The van der Waals surface area contributed by atoms with Crippen molar-refractivity contribution in [2.75, 3.05) is 19.0 Å². The molecule has 0 spiro atoms. The second-order valence-corrected chi connectivity index (χ2v) is 8.71. The summed E-state index contributed by atoms with van der Waals surface area (Å²) in [6.45, 7) is 2.80. The number of ether oxygens (including phenoxy) is 1. The summed E-state index contributed by atoms with van der Waals surface area (Å²) in [6.07, 6.45) is 9.78. The van der Waals surface area contributed by atoms with Gasteiger partial charge in [0.05, 0.1) is 29.6 Å². The van der Waals surface area contributed by atoms with Crippen LogP contribution in [0.5, 0.6) is 5.88 Å². The number of hydrogen-bond acceptors (Lipinski definition) is 7. The molecule has 1 unspecified atom stereocenters. The van der Waals surface area contributed by atoms with E-state index in [-0.39, 0.29) is 24.4 Å². The van der Waals surface area contributed by atoms with E-state index in [4.69, 9.17) is 16.3 Å². The Morgan fingerprint density at radius 3 is 2.91 bits per heavy atom. The highest BCUT2D eigenvalue weighted by Gasteiger charge is 2.27. The normalized spacial score (nSPS) is 15.5. The van der Waals surface area contributed by atoms with E-state index in [1.54, 1.807) is 30.7 Å². The third kappa shape index (κ3) is 4.42. The van der Waals surface area contributed by atoms with Crippen molar-refractivity contribution in [1.29, 1.82) is 0 Å². The van der Waals surface area contributed by atoms with Crippen molar-refractivity contribution in [3.63, 3.8) is 0 Å². The van der Waals surface area contributed by atoms with Crippen LogP contribution in [0.4, 0.5) is 5.69 Å². The molecular formula is C23H23ClN8O3. The summed E-state index contributed by atoms with van der Waals surface area (Å²) in [7, 11) is 1.48. The standard InChI is InChI=1S/C23H23ClN8O3/c1-14-5-3-7-31(14)19(33)13-30-12-18(20(29-30)16-9-15(24)10-26-23(16)35-2)28-22(34)17-11-27-32-8-4-6-25-21(17)32/h4,6,8-12,14H,3,5,7,13H2,1-2H3,(H,28,34). The fraction of sp³-hybridized carbons (Fsp3) is 0.304. The van der Waals surface area contributed by atoms with Crippen LogP contribution in [0.15, 0.2) is 43.1 Å². The van der Waals surface area contributed by atoms with E-state index in [9.17, 15) is 9.59 Å². The van der Waals surface area contributed by atoms with Crippen LogP contribution in [-0.2, 0) is 11.3 Å². The average Bonchev–Trinajstić information content (AvgIpc) is 3.57. The third-order valence-electron chi connectivity index (χ3n) is 5.97. The zero-order chi connectivity index (χ0) is 24.5. The molecule has 1 aliphatic rings. The van der Waals surface area contributed by atoms with Crippen LogP contribution in [0.2, 0.25) is 5.02 Å². The van der Waals surface area contributed by atoms with Crippen LogP contribution in [-0.4, -0.2) is 65.8 Å². The molecule has 180 valence electrons. The number of aromatic nitrogens is 6. The van der Waals surface area contributed by atoms with E-state index in [2.05, 4.69) is 25.5 Å². The Morgan fingerprint density at radius 1 is 1.29 bits per heavy atom. The van der Waals surface area contributed by atoms with Gasteiger partial charge in [-0.3, -0.25) is 14.3 Å². The fourth-order valence-electron chi connectivity index (χ4n) is 4.26. The van der Waals surface area contributed by atoms with Crippen molar-refractivity contribution in [2.24, 2.45) is 0 Å². The third-order valence-corrected chi connectivity index (χ3v) is 6.18. The lowest BCUT2D eigenvalue weighted by atomic mass is 10.1. The minimum Gasteiger partial charge on any atom is -0.481 e. The van der Waals surface area contributed by atoms with Gasteiger partial charge in [0, 0.05) is 37.4 Å². The summed E-state index contributed by atoms with van der Waals surface area (Å²) in [5.74, 6) is -0.176. The highest BCUT2D eigenvalue weighted by molar-refractivity contribution is 6.30. The average molecular weight is 495 g/mol. The summed E-state index contributed by atoms with van der Waals surface area (Å²) >= 11 is 6.20. The zero-order valence-corrected chi connectivity index (χ0v) is 19.9. The Balaban J connectivity index is 1.51. The van der Waals surface area contributed by atoms with E-state index >= 15 is 0 Å².